The van der Waals surface area contributed by atoms with Gasteiger partial charge in [0.15, 0.2) is 0 Å². The van der Waals surface area contributed by atoms with Gasteiger partial charge in [0.05, 0.1) is 23.2 Å². The van der Waals surface area contributed by atoms with Crippen LogP contribution in [0, 0.1) is 18.8 Å². The Morgan fingerprint density at radius 3 is 3.00 bits per heavy atom. The third kappa shape index (κ3) is 2.36. The fraction of sp³-hybridized carbons (Fsp3) is 0.250. The molecule has 0 unspecified atom stereocenters. The second kappa shape index (κ2) is 3.88. The molecule has 1 aromatic rings. The fourth-order valence-electron chi connectivity index (χ4n) is 0.583. The Labute approximate surface area is 74.4 Å². The van der Waals surface area contributed by atoms with Gasteiger partial charge in [0.25, 0.3) is 0 Å². The number of esters is 1. The van der Waals surface area contributed by atoms with Crippen LogP contribution in [-0.4, -0.2) is 18.1 Å². The summed E-state index contributed by atoms with van der Waals surface area (Å²) in [6.07, 6.45) is 1.63. The fourth-order valence-corrected chi connectivity index (χ4v) is 1.21. The number of nitrogens with zero attached hydrogens (tertiary/aromatic N) is 1. The number of hydrogen-bond donors (Lipinski definition) is 0. The lowest BCUT2D eigenvalue weighted by Crippen LogP contribution is -1.93. The molecular weight excluding hydrogens is 174 g/mol. The van der Waals surface area contributed by atoms with Gasteiger partial charge in [-0.2, -0.15) is 0 Å². The molecular formula is C8H7NO2S. The molecule has 0 aliphatic heterocycles. The molecule has 0 aliphatic carbocycles. The van der Waals surface area contributed by atoms with Gasteiger partial charge in [-0.3, -0.25) is 0 Å². The predicted octanol–water partition coefficient (Wildman–Crippen LogP) is 0.976. The van der Waals surface area contributed by atoms with Crippen molar-refractivity contribution in [2.45, 2.75) is 6.92 Å². The summed E-state index contributed by atoms with van der Waals surface area (Å²) in [5, 5.41) is 0.934. The number of rotatable bonds is 0. The monoisotopic (exact) mass is 181 g/mol. The first kappa shape index (κ1) is 8.75. The van der Waals surface area contributed by atoms with Crippen LogP contribution in [0.4, 0.5) is 0 Å². The molecule has 62 valence electrons. The van der Waals surface area contributed by atoms with E-state index in [1.54, 1.807) is 6.20 Å². The maximum atomic E-state index is 10.6. The molecule has 1 rings (SSSR count). The third-order valence-electron chi connectivity index (χ3n) is 1.09. The van der Waals surface area contributed by atoms with E-state index in [2.05, 4.69) is 21.6 Å². The van der Waals surface area contributed by atoms with Crippen molar-refractivity contribution in [1.82, 2.24) is 4.98 Å². The summed E-state index contributed by atoms with van der Waals surface area (Å²) in [6, 6.07) is 0. The number of thiazole rings is 1. The molecule has 0 amide bonds. The molecule has 1 aromatic heterocycles. The Hall–Kier alpha value is -1.34. The zero-order valence-electron chi connectivity index (χ0n) is 6.75. The van der Waals surface area contributed by atoms with Crippen LogP contribution in [0.3, 0.4) is 0 Å². The van der Waals surface area contributed by atoms with E-state index < -0.39 is 5.97 Å². The normalized spacial score (nSPS) is 8.50. The van der Waals surface area contributed by atoms with Crippen LogP contribution in [0.5, 0.6) is 0 Å². The smallest absolute Gasteiger partial charge is 0.384 e. The zero-order chi connectivity index (χ0) is 8.97. The highest BCUT2D eigenvalue weighted by atomic mass is 32.1. The average molecular weight is 181 g/mol. The van der Waals surface area contributed by atoms with Gasteiger partial charge in [0.1, 0.15) is 0 Å². The molecule has 3 nitrogen and oxygen atoms in total. The first-order valence-electron chi connectivity index (χ1n) is 3.25. The van der Waals surface area contributed by atoms with E-state index in [0.29, 0.717) is 0 Å². The zero-order valence-corrected chi connectivity index (χ0v) is 7.57. The Bertz CT molecular complexity index is 345. The van der Waals surface area contributed by atoms with Crippen LogP contribution in [0.2, 0.25) is 0 Å². The molecule has 12 heavy (non-hydrogen) atoms. The van der Waals surface area contributed by atoms with Crippen molar-refractivity contribution in [2.75, 3.05) is 7.11 Å². The highest BCUT2D eigenvalue weighted by Crippen LogP contribution is 2.08. The summed E-state index contributed by atoms with van der Waals surface area (Å²) in [4.78, 5) is 15.3. The molecule has 0 aliphatic rings. The van der Waals surface area contributed by atoms with E-state index in [1.807, 2.05) is 6.92 Å². The van der Waals surface area contributed by atoms with Crippen molar-refractivity contribution < 1.29 is 9.53 Å². The molecule has 0 atom stereocenters. The second-order valence-electron chi connectivity index (χ2n) is 1.99. The Morgan fingerprint density at radius 2 is 2.50 bits per heavy atom. The van der Waals surface area contributed by atoms with Gasteiger partial charge in [-0.15, -0.1) is 11.3 Å². The van der Waals surface area contributed by atoms with Gasteiger partial charge in [-0.05, 0) is 12.8 Å². The number of carbonyl (C=O) groups excluding carboxylic acids is 1. The largest absolute Gasteiger partial charge is 0.459 e. The van der Waals surface area contributed by atoms with E-state index in [9.17, 15) is 4.79 Å². The van der Waals surface area contributed by atoms with E-state index in [0.717, 1.165) is 9.88 Å². The van der Waals surface area contributed by atoms with Crippen molar-refractivity contribution in [3.05, 3.63) is 16.1 Å². The number of carbonyl (C=O) groups is 1. The lowest BCUT2D eigenvalue weighted by atomic mass is 10.5. The minimum absolute atomic E-state index is 0.527. The van der Waals surface area contributed by atoms with Crippen molar-refractivity contribution >= 4 is 17.3 Å². The summed E-state index contributed by atoms with van der Waals surface area (Å²) in [5.41, 5.74) is 0. The lowest BCUT2D eigenvalue weighted by Gasteiger charge is -1.82. The Balaban J connectivity index is 2.73. The first-order chi connectivity index (χ1) is 5.72. The molecule has 4 heteroatoms. The van der Waals surface area contributed by atoms with Crippen molar-refractivity contribution in [2.24, 2.45) is 0 Å². The molecule has 0 spiro atoms. The van der Waals surface area contributed by atoms with E-state index in [1.165, 1.54) is 18.4 Å². The molecule has 0 bridgehead atoms. The highest BCUT2D eigenvalue weighted by Gasteiger charge is 1.94. The summed E-state index contributed by atoms with van der Waals surface area (Å²) in [6.45, 7) is 1.88. The number of ether oxygens (including phenoxy) is 1. The summed E-state index contributed by atoms with van der Waals surface area (Å²) in [5.74, 6) is 4.44. The lowest BCUT2D eigenvalue weighted by molar-refractivity contribution is -0.133. The van der Waals surface area contributed by atoms with Gasteiger partial charge >= 0.3 is 5.97 Å². The minimum atomic E-state index is -0.527. The quantitative estimate of drug-likeness (QED) is 0.442. The molecule has 0 N–H and O–H groups in total. The molecule has 1 heterocycles. The topological polar surface area (TPSA) is 39.2 Å². The second-order valence-corrected chi connectivity index (χ2v) is 3.22. The van der Waals surface area contributed by atoms with Gasteiger partial charge in [-0.25, -0.2) is 9.78 Å². The number of hydrogen-bond acceptors (Lipinski definition) is 4. The third-order valence-corrected chi connectivity index (χ3v) is 1.92. The first-order valence-corrected chi connectivity index (χ1v) is 4.06. The summed E-state index contributed by atoms with van der Waals surface area (Å²) < 4.78 is 4.35. The minimum Gasteiger partial charge on any atom is -0.459 e. The van der Waals surface area contributed by atoms with Crippen LogP contribution < -0.4 is 0 Å². The molecule has 0 aromatic carbocycles. The van der Waals surface area contributed by atoms with Crippen LogP contribution in [0.1, 0.15) is 9.88 Å². The van der Waals surface area contributed by atoms with E-state index in [4.69, 9.17) is 0 Å². The van der Waals surface area contributed by atoms with Crippen LogP contribution >= 0.6 is 11.3 Å². The highest BCUT2D eigenvalue weighted by molar-refractivity contribution is 7.12. The molecule has 0 saturated heterocycles. The van der Waals surface area contributed by atoms with Gasteiger partial charge < -0.3 is 4.74 Å². The number of aryl methyl sites for hydroxylation is 1. The van der Waals surface area contributed by atoms with Crippen molar-refractivity contribution in [1.29, 1.82) is 0 Å². The van der Waals surface area contributed by atoms with E-state index >= 15 is 0 Å². The average Bonchev–Trinajstić information content (AvgIpc) is 2.47. The Kier molecular flexibility index (Phi) is 2.83. The summed E-state index contributed by atoms with van der Waals surface area (Å²) in [7, 11) is 1.30. The number of methoxy groups -OCH3 is 1. The SMILES string of the molecule is COC(=O)C#Cc1cnc(C)s1. The maximum Gasteiger partial charge on any atom is 0.384 e. The van der Waals surface area contributed by atoms with Crippen LogP contribution in [-0.2, 0) is 9.53 Å². The number of aromatic nitrogens is 1. The summed E-state index contributed by atoms with van der Waals surface area (Å²) >= 11 is 1.45. The predicted molar refractivity (Wildman–Crippen MR) is 45.7 cm³/mol. The molecule has 0 fully saturated rings. The standard InChI is InChI=1S/C8H7NO2S/c1-6-9-5-7(12-6)3-4-8(10)11-2/h5H,1-2H3. The van der Waals surface area contributed by atoms with Gasteiger partial charge in [0, 0.05) is 5.92 Å². The Morgan fingerprint density at radius 1 is 1.75 bits per heavy atom. The van der Waals surface area contributed by atoms with E-state index in [-0.39, 0.29) is 0 Å². The van der Waals surface area contributed by atoms with Gasteiger partial charge in [-0.1, -0.05) is 0 Å². The van der Waals surface area contributed by atoms with Crippen LogP contribution in [0.25, 0.3) is 0 Å². The molecule has 0 radical (unpaired) electrons. The maximum absolute atomic E-state index is 10.6. The molecule has 0 saturated carbocycles. The van der Waals surface area contributed by atoms with Crippen molar-refractivity contribution in [3.8, 4) is 11.8 Å². The van der Waals surface area contributed by atoms with Gasteiger partial charge in [0.2, 0.25) is 0 Å². The van der Waals surface area contributed by atoms with Crippen molar-refractivity contribution in [3.63, 3.8) is 0 Å². The van der Waals surface area contributed by atoms with Crippen LogP contribution in [0.15, 0.2) is 6.20 Å².